The lowest BCUT2D eigenvalue weighted by Gasteiger charge is -2.21. The van der Waals surface area contributed by atoms with Crippen molar-refractivity contribution in [2.75, 3.05) is 13.6 Å². The van der Waals surface area contributed by atoms with Gasteiger partial charge in [0.25, 0.3) is 0 Å². The van der Waals surface area contributed by atoms with E-state index in [1.54, 1.807) is 7.05 Å². The fraction of sp³-hybridized carbons (Fsp3) is 0.706. The number of nitrogens with one attached hydrogen (secondary N) is 1. The van der Waals surface area contributed by atoms with E-state index in [1.807, 2.05) is 17.8 Å². The summed E-state index contributed by atoms with van der Waals surface area (Å²) in [6, 6.07) is 4.02. The molecule has 1 saturated heterocycles. The second kappa shape index (κ2) is 7.73. The molecule has 2 atom stereocenters. The van der Waals surface area contributed by atoms with Crippen LogP contribution in [-0.4, -0.2) is 41.7 Å². The monoisotopic (exact) mass is 337 g/mol. The summed E-state index contributed by atoms with van der Waals surface area (Å²) in [6.07, 6.45) is 7.34. The number of carbonyl (C=O) groups is 1. The maximum atomic E-state index is 12.0. The van der Waals surface area contributed by atoms with Crippen molar-refractivity contribution >= 4 is 17.7 Å². The predicted molar refractivity (Wildman–Crippen MR) is 92.3 cm³/mol. The van der Waals surface area contributed by atoms with Crippen LogP contribution in [0.25, 0.3) is 0 Å². The Morgan fingerprint density at radius 1 is 1.39 bits per heavy atom. The van der Waals surface area contributed by atoms with Gasteiger partial charge in [-0.25, -0.2) is 0 Å². The van der Waals surface area contributed by atoms with Crippen molar-refractivity contribution in [3.8, 4) is 0 Å². The molecule has 2 heterocycles. The number of nitrogens with zero attached hydrogens (tertiary/aromatic N) is 1. The lowest BCUT2D eigenvalue weighted by atomic mass is 10.0. The van der Waals surface area contributed by atoms with Crippen LogP contribution in [0.2, 0.25) is 0 Å². The standard InChI is InChI=1S/C17H27N3O2S/c1-19-17(21)15-9-12(18)10-20(15)11-13-7-8-16(22-13)23-14-5-3-2-4-6-14/h7-8,12,14-15H,2-6,9-11,18H2,1H3,(H,19,21)/t12-,15+/m1/s1. The summed E-state index contributed by atoms with van der Waals surface area (Å²) < 4.78 is 5.99. The number of carbonyl (C=O) groups excluding carboxylic acids is 1. The molecule has 23 heavy (non-hydrogen) atoms. The summed E-state index contributed by atoms with van der Waals surface area (Å²) in [5.41, 5.74) is 6.03. The van der Waals surface area contributed by atoms with Gasteiger partial charge in [0.05, 0.1) is 12.6 Å². The van der Waals surface area contributed by atoms with E-state index < -0.39 is 0 Å². The molecule has 1 amide bonds. The van der Waals surface area contributed by atoms with Gasteiger partial charge in [0, 0.05) is 24.9 Å². The highest BCUT2D eigenvalue weighted by Gasteiger charge is 2.35. The van der Waals surface area contributed by atoms with Gasteiger partial charge < -0.3 is 15.5 Å². The molecule has 0 spiro atoms. The Kier molecular flexibility index (Phi) is 5.67. The number of amides is 1. The van der Waals surface area contributed by atoms with Gasteiger partial charge in [-0.15, -0.1) is 0 Å². The van der Waals surface area contributed by atoms with E-state index in [-0.39, 0.29) is 18.0 Å². The second-order valence-corrected chi connectivity index (χ2v) is 7.96. The van der Waals surface area contributed by atoms with Crippen molar-refractivity contribution < 1.29 is 9.21 Å². The summed E-state index contributed by atoms with van der Waals surface area (Å²) in [4.78, 5) is 14.1. The molecular formula is C17H27N3O2S. The van der Waals surface area contributed by atoms with Crippen LogP contribution in [0.4, 0.5) is 0 Å². The number of furan rings is 1. The molecule has 0 bridgehead atoms. The van der Waals surface area contributed by atoms with Crippen LogP contribution >= 0.6 is 11.8 Å². The molecule has 128 valence electrons. The number of hydrogen-bond donors (Lipinski definition) is 2. The van der Waals surface area contributed by atoms with E-state index in [2.05, 4.69) is 16.3 Å². The summed E-state index contributed by atoms with van der Waals surface area (Å²) >= 11 is 1.87. The molecule has 0 unspecified atom stereocenters. The lowest BCUT2D eigenvalue weighted by molar-refractivity contribution is -0.125. The fourth-order valence-electron chi connectivity index (χ4n) is 3.61. The quantitative estimate of drug-likeness (QED) is 0.863. The first-order valence-electron chi connectivity index (χ1n) is 8.62. The molecule has 0 radical (unpaired) electrons. The predicted octanol–water partition coefficient (Wildman–Crippen LogP) is 2.35. The topological polar surface area (TPSA) is 71.5 Å². The van der Waals surface area contributed by atoms with Crippen molar-refractivity contribution in [1.29, 1.82) is 0 Å². The van der Waals surface area contributed by atoms with Crippen LogP contribution < -0.4 is 11.1 Å². The van der Waals surface area contributed by atoms with Gasteiger partial charge in [0.15, 0.2) is 5.09 Å². The third kappa shape index (κ3) is 4.31. The van der Waals surface area contributed by atoms with Crippen LogP contribution in [0.5, 0.6) is 0 Å². The van der Waals surface area contributed by atoms with E-state index in [1.165, 1.54) is 32.1 Å². The Labute approximate surface area is 142 Å². The van der Waals surface area contributed by atoms with Crippen LogP contribution in [0, 0.1) is 0 Å². The zero-order valence-electron chi connectivity index (χ0n) is 13.8. The van der Waals surface area contributed by atoms with Crippen molar-refractivity contribution in [3.63, 3.8) is 0 Å². The number of thioether (sulfide) groups is 1. The van der Waals surface area contributed by atoms with E-state index in [0.29, 0.717) is 18.2 Å². The lowest BCUT2D eigenvalue weighted by Crippen LogP contribution is -2.41. The van der Waals surface area contributed by atoms with Gasteiger partial charge in [-0.1, -0.05) is 31.0 Å². The Morgan fingerprint density at radius 2 is 2.17 bits per heavy atom. The minimum Gasteiger partial charge on any atom is -0.454 e. The Bertz CT molecular complexity index is 528. The first-order valence-corrected chi connectivity index (χ1v) is 9.50. The van der Waals surface area contributed by atoms with Gasteiger partial charge in [-0.05, 0) is 31.4 Å². The molecule has 0 aromatic carbocycles. The average molecular weight is 337 g/mol. The number of likely N-dealkylation sites (N-methyl/N-ethyl adjacent to an activating group) is 1. The largest absolute Gasteiger partial charge is 0.454 e. The van der Waals surface area contributed by atoms with Crippen molar-refractivity contribution in [2.45, 2.75) is 67.5 Å². The third-order valence-electron chi connectivity index (χ3n) is 4.82. The highest BCUT2D eigenvalue weighted by molar-refractivity contribution is 7.99. The van der Waals surface area contributed by atoms with Gasteiger partial charge in [0.2, 0.25) is 5.91 Å². The molecule has 2 fully saturated rings. The minimum absolute atomic E-state index is 0.0429. The van der Waals surface area contributed by atoms with E-state index >= 15 is 0 Å². The number of nitrogens with two attached hydrogens (primary N) is 1. The van der Waals surface area contributed by atoms with Crippen LogP contribution in [-0.2, 0) is 11.3 Å². The number of hydrogen-bond acceptors (Lipinski definition) is 5. The Hall–Kier alpha value is -0.980. The van der Waals surface area contributed by atoms with Crippen LogP contribution in [0.3, 0.4) is 0 Å². The van der Waals surface area contributed by atoms with Crippen molar-refractivity contribution in [3.05, 3.63) is 17.9 Å². The van der Waals surface area contributed by atoms with E-state index in [0.717, 1.165) is 17.4 Å². The van der Waals surface area contributed by atoms with Gasteiger partial charge in [-0.3, -0.25) is 9.69 Å². The fourth-order valence-corrected chi connectivity index (χ4v) is 4.81. The number of likely N-dealkylation sites (tertiary alicyclic amines) is 1. The molecule has 2 aliphatic rings. The van der Waals surface area contributed by atoms with Crippen molar-refractivity contribution in [1.82, 2.24) is 10.2 Å². The zero-order valence-corrected chi connectivity index (χ0v) is 14.6. The van der Waals surface area contributed by atoms with Gasteiger partial charge in [0.1, 0.15) is 5.76 Å². The summed E-state index contributed by atoms with van der Waals surface area (Å²) in [6.45, 7) is 1.39. The van der Waals surface area contributed by atoms with Crippen LogP contribution in [0.1, 0.15) is 44.3 Å². The number of rotatable bonds is 5. The molecule has 1 aromatic rings. The summed E-state index contributed by atoms with van der Waals surface area (Å²) in [5, 5.41) is 4.43. The molecular weight excluding hydrogens is 310 g/mol. The highest BCUT2D eigenvalue weighted by atomic mass is 32.2. The first-order chi connectivity index (χ1) is 11.2. The maximum Gasteiger partial charge on any atom is 0.237 e. The zero-order chi connectivity index (χ0) is 16.2. The molecule has 3 N–H and O–H groups in total. The van der Waals surface area contributed by atoms with Gasteiger partial charge >= 0.3 is 0 Å². The van der Waals surface area contributed by atoms with Crippen LogP contribution in [0.15, 0.2) is 21.6 Å². The van der Waals surface area contributed by atoms with Gasteiger partial charge in [-0.2, -0.15) is 0 Å². The normalized spacial score (nSPS) is 26.5. The molecule has 1 aliphatic carbocycles. The second-order valence-electron chi connectivity index (χ2n) is 6.65. The SMILES string of the molecule is CNC(=O)[C@@H]1C[C@@H](N)CN1Cc1ccc(SC2CCCCC2)o1. The smallest absolute Gasteiger partial charge is 0.237 e. The minimum atomic E-state index is -0.144. The summed E-state index contributed by atoms with van der Waals surface area (Å²) in [7, 11) is 1.68. The maximum absolute atomic E-state index is 12.0. The third-order valence-corrected chi connectivity index (χ3v) is 6.07. The first kappa shape index (κ1) is 16.9. The Balaban J connectivity index is 1.58. The van der Waals surface area contributed by atoms with E-state index in [4.69, 9.17) is 10.2 Å². The molecule has 1 aromatic heterocycles. The molecule has 3 rings (SSSR count). The van der Waals surface area contributed by atoms with E-state index in [9.17, 15) is 4.79 Å². The molecule has 6 heteroatoms. The average Bonchev–Trinajstić information content (AvgIpc) is 3.14. The molecule has 1 aliphatic heterocycles. The Morgan fingerprint density at radius 3 is 2.91 bits per heavy atom. The summed E-state index contributed by atoms with van der Waals surface area (Å²) in [5.74, 6) is 0.965. The molecule has 5 nitrogen and oxygen atoms in total. The highest BCUT2D eigenvalue weighted by Crippen LogP contribution is 2.34. The molecule has 1 saturated carbocycles. The van der Waals surface area contributed by atoms with Crippen molar-refractivity contribution in [2.24, 2.45) is 5.73 Å².